The highest BCUT2D eigenvalue weighted by Gasteiger charge is 2.28. The van der Waals surface area contributed by atoms with Crippen LogP contribution in [0.1, 0.15) is 6.42 Å². The predicted octanol–water partition coefficient (Wildman–Crippen LogP) is 0.367. The lowest BCUT2D eigenvalue weighted by atomic mass is 9.99. The molecule has 1 aliphatic heterocycles. The van der Waals surface area contributed by atoms with E-state index in [-0.39, 0.29) is 17.9 Å². The summed E-state index contributed by atoms with van der Waals surface area (Å²) in [5.74, 6) is -0.328. The molecule has 0 aromatic heterocycles. The number of ketones is 1. The van der Waals surface area contributed by atoms with Gasteiger partial charge in [0.1, 0.15) is 6.10 Å². The molecule has 0 spiro atoms. The monoisotopic (exact) mass is 150 g/mol. The number of fused-ring (bicyclic) bond motifs is 1. The number of hydrogen-bond donors (Lipinski definition) is 0. The fourth-order valence-corrected chi connectivity index (χ4v) is 1.23. The Labute approximate surface area is 63.3 Å². The molecule has 2 rings (SSSR count). The minimum absolute atomic E-state index is 0.0156. The van der Waals surface area contributed by atoms with E-state index in [1.165, 1.54) is 12.2 Å². The van der Waals surface area contributed by atoms with Crippen molar-refractivity contribution >= 4 is 11.8 Å². The van der Waals surface area contributed by atoms with E-state index < -0.39 is 0 Å². The Bertz CT molecular complexity index is 284. The van der Waals surface area contributed by atoms with Crippen LogP contribution < -0.4 is 0 Å². The van der Waals surface area contributed by atoms with Gasteiger partial charge < -0.3 is 4.74 Å². The molecule has 0 saturated carbocycles. The Morgan fingerprint density at radius 3 is 3.00 bits per heavy atom. The Balaban J connectivity index is 2.32. The largest absolute Gasteiger partial charge is 0.454 e. The van der Waals surface area contributed by atoms with Crippen molar-refractivity contribution in [3.63, 3.8) is 0 Å². The highest BCUT2D eigenvalue weighted by atomic mass is 16.5. The van der Waals surface area contributed by atoms with E-state index in [0.717, 1.165) is 5.57 Å². The van der Waals surface area contributed by atoms with E-state index in [2.05, 4.69) is 0 Å². The van der Waals surface area contributed by atoms with E-state index >= 15 is 0 Å². The number of hydrogen-bond acceptors (Lipinski definition) is 3. The van der Waals surface area contributed by atoms with Gasteiger partial charge in [-0.2, -0.15) is 0 Å². The van der Waals surface area contributed by atoms with E-state index in [0.29, 0.717) is 6.42 Å². The van der Waals surface area contributed by atoms with Gasteiger partial charge in [-0.15, -0.1) is 0 Å². The molecule has 0 N–H and O–H groups in total. The molecule has 0 aromatic rings. The van der Waals surface area contributed by atoms with Gasteiger partial charge in [-0.05, 0) is 6.08 Å². The maximum absolute atomic E-state index is 10.8. The van der Waals surface area contributed by atoms with Gasteiger partial charge in [0.05, 0.1) is 6.42 Å². The Hall–Kier alpha value is -1.38. The zero-order valence-electron chi connectivity index (χ0n) is 5.74. The van der Waals surface area contributed by atoms with Crippen LogP contribution in [-0.2, 0) is 14.3 Å². The normalized spacial score (nSPS) is 28.0. The molecule has 56 valence electrons. The molecule has 2 aliphatic rings. The third-order valence-electron chi connectivity index (χ3n) is 1.76. The second-order valence-corrected chi connectivity index (χ2v) is 2.57. The minimum atomic E-state index is -0.343. The average molecular weight is 150 g/mol. The molecule has 3 heteroatoms. The standard InChI is InChI=1S/C8H6O3/c9-6-2-1-5-3-8(10)11-7(5)4-6/h1-3,7H,4H2/t7-/m0/s1. The molecule has 0 saturated heterocycles. The second kappa shape index (κ2) is 2.05. The quantitative estimate of drug-likeness (QED) is 0.468. The summed E-state index contributed by atoms with van der Waals surface area (Å²) in [6.45, 7) is 0. The van der Waals surface area contributed by atoms with E-state index in [9.17, 15) is 9.59 Å². The lowest BCUT2D eigenvalue weighted by Gasteiger charge is -2.12. The summed E-state index contributed by atoms with van der Waals surface area (Å²) in [7, 11) is 0. The number of allylic oxidation sites excluding steroid dienone is 1. The molecule has 1 atom stereocenters. The molecule has 0 fully saturated rings. The van der Waals surface area contributed by atoms with Crippen LogP contribution in [0.3, 0.4) is 0 Å². The van der Waals surface area contributed by atoms with Gasteiger partial charge >= 0.3 is 5.97 Å². The maximum atomic E-state index is 10.8. The van der Waals surface area contributed by atoms with Gasteiger partial charge in [-0.1, -0.05) is 6.08 Å². The number of carbonyl (C=O) groups excluding carboxylic acids is 2. The third kappa shape index (κ3) is 0.981. The van der Waals surface area contributed by atoms with Gasteiger partial charge in [0.2, 0.25) is 0 Å². The Morgan fingerprint density at radius 2 is 2.18 bits per heavy atom. The van der Waals surface area contributed by atoms with Gasteiger partial charge in [0.25, 0.3) is 0 Å². The first-order valence-corrected chi connectivity index (χ1v) is 3.39. The molecular weight excluding hydrogens is 144 g/mol. The molecule has 0 unspecified atom stereocenters. The first-order valence-electron chi connectivity index (χ1n) is 3.39. The number of carbonyl (C=O) groups is 2. The summed E-state index contributed by atoms with van der Waals surface area (Å²) in [6, 6.07) is 0. The summed E-state index contributed by atoms with van der Waals surface area (Å²) < 4.78 is 4.83. The van der Waals surface area contributed by atoms with Crippen molar-refractivity contribution in [2.24, 2.45) is 0 Å². The Kier molecular flexibility index (Phi) is 1.18. The third-order valence-corrected chi connectivity index (χ3v) is 1.76. The zero-order valence-corrected chi connectivity index (χ0v) is 5.74. The van der Waals surface area contributed by atoms with Crippen molar-refractivity contribution in [3.8, 4) is 0 Å². The van der Waals surface area contributed by atoms with E-state index in [1.807, 2.05) is 0 Å². The molecule has 3 nitrogen and oxygen atoms in total. The van der Waals surface area contributed by atoms with Crippen molar-refractivity contribution in [1.29, 1.82) is 0 Å². The van der Waals surface area contributed by atoms with Crippen LogP contribution in [0.15, 0.2) is 23.8 Å². The van der Waals surface area contributed by atoms with Crippen molar-refractivity contribution in [2.45, 2.75) is 12.5 Å². The van der Waals surface area contributed by atoms with Gasteiger partial charge in [-0.25, -0.2) is 4.79 Å². The molecule has 1 heterocycles. The number of rotatable bonds is 0. The van der Waals surface area contributed by atoms with Crippen molar-refractivity contribution in [2.75, 3.05) is 0 Å². The summed E-state index contributed by atoms with van der Waals surface area (Å²) in [5.41, 5.74) is 0.814. The summed E-state index contributed by atoms with van der Waals surface area (Å²) in [4.78, 5) is 21.5. The second-order valence-electron chi connectivity index (χ2n) is 2.57. The van der Waals surface area contributed by atoms with E-state index in [4.69, 9.17) is 4.74 Å². The van der Waals surface area contributed by atoms with Crippen LogP contribution in [0.5, 0.6) is 0 Å². The lowest BCUT2D eigenvalue weighted by Crippen LogP contribution is -2.18. The van der Waals surface area contributed by atoms with Gasteiger partial charge in [0.15, 0.2) is 5.78 Å². The van der Waals surface area contributed by atoms with Gasteiger partial charge in [0, 0.05) is 11.6 Å². The SMILES string of the molecule is O=C1C=CC2=CC(=O)O[C@H]2C1. The van der Waals surface area contributed by atoms with Crippen LogP contribution in [0.2, 0.25) is 0 Å². The average Bonchev–Trinajstić information content (AvgIpc) is 2.27. The van der Waals surface area contributed by atoms with Crippen LogP contribution in [0, 0.1) is 0 Å². The number of esters is 1. The van der Waals surface area contributed by atoms with Crippen LogP contribution in [0.4, 0.5) is 0 Å². The molecule has 1 aliphatic carbocycles. The van der Waals surface area contributed by atoms with Crippen molar-refractivity contribution in [3.05, 3.63) is 23.8 Å². The molecule has 0 radical (unpaired) electrons. The highest BCUT2D eigenvalue weighted by molar-refractivity contribution is 5.96. The lowest BCUT2D eigenvalue weighted by molar-refractivity contribution is -0.139. The fraction of sp³-hybridized carbons (Fsp3) is 0.250. The summed E-state index contributed by atoms with van der Waals surface area (Å²) >= 11 is 0. The summed E-state index contributed by atoms with van der Waals surface area (Å²) in [6.07, 6.45) is 4.54. The molecule has 0 amide bonds. The molecule has 0 aromatic carbocycles. The fourth-order valence-electron chi connectivity index (χ4n) is 1.23. The van der Waals surface area contributed by atoms with Crippen LogP contribution >= 0.6 is 0 Å². The first-order chi connectivity index (χ1) is 5.25. The van der Waals surface area contributed by atoms with Crippen LogP contribution in [-0.4, -0.2) is 17.9 Å². The Morgan fingerprint density at radius 1 is 1.36 bits per heavy atom. The first kappa shape index (κ1) is 6.34. The predicted molar refractivity (Wildman–Crippen MR) is 36.7 cm³/mol. The minimum Gasteiger partial charge on any atom is -0.454 e. The van der Waals surface area contributed by atoms with Crippen molar-refractivity contribution < 1.29 is 14.3 Å². The molecule has 11 heavy (non-hydrogen) atoms. The molecule has 0 bridgehead atoms. The highest BCUT2D eigenvalue weighted by Crippen LogP contribution is 2.23. The maximum Gasteiger partial charge on any atom is 0.331 e. The van der Waals surface area contributed by atoms with E-state index in [1.54, 1.807) is 6.08 Å². The van der Waals surface area contributed by atoms with Crippen molar-refractivity contribution in [1.82, 2.24) is 0 Å². The molecular formula is C8H6O3. The summed E-state index contributed by atoms with van der Waals surface area (Å²) in [5, 5.41) is 0. The van der Waals surface area contributed by atoms with Gasteiger partial charge in [-0.3, -0.25) is 4.79 Å². The number of ether oxygens (including phenoxy) is 1. The van der Waals surface area contributed by atoms with Crippen LogP contribution in [0.25, 0.3) is 0 Å². The topological polar surface area (TPSA) is 43.4 Å². The smallest absolute Gasteiger partial charge is 0.331 e. The zero-order chi connectivity index (χ0) is 7.84.